The summed E-state index contributed by atoms with van der Waals surface area (Å²) in [5.41, 5.74) is 3.24. The molecule has 0 saturated heterocycles. The molecule has 1 aliphatic rings. The first-order valence-corrected chi connectivity index (χ1v) is 16.4. The normalized spacial score (nSPS) is 13.7. The number of allylic oxidation sites excluding steroid dienone is 1. The van der Waals surface area contributed by atoms with Crippen LogP contribution in [0.25, 0.3) is 6.08 Å². The number of carbonyl (C=O) groups is 1. The number of unbranched alkanes of at least 4 members (excludes halogenated alkanes) is 1. The van der Waals surface area contributed by atoms with Gasteiger partial charge in [0.05, 0.1) is 22.2 Å². The Kier molecular flexibility index (Phi) is 11.6. The molecule has 16 heteroatoms. The van der Waals surface area contributed by atoms with Crippen molar-refractivity contribution in [3.63, 3.8) is 0 Å². The molecule has 1 N–H and O–H groups in total. The molecule has 0 atom stereocenters. The van der Waals surface area contributed by atoms with Crippen LogP contribution in [0, 0.1) is 5.82 Å². The first kappa shape index (κ1) is 34.6. The molecule has 0 saturated carbocycles. The predicted octanol–water partition coefficient (Wildman–Crippen LogP) is 5.75. The van der Waals surface area contributed by atoms with E-state index >= 15 is 0 Å². The third-order valence-electron chi connectivity index (χ3n) is 6.61. The van der Waals surface area contributed by atoms with Gasteiger partial charge in [0, 0.05) is 37.0 Å². The largest absolute Gasteiger partial charge is 0.487 e. The van der Waals surface area contributed by atoms with Crippen LogP contribution in [0.5, 0.6) is 5.75 Å². The van der Waals surface area contributed by atoms with E-state index in [0.717, 1.165) is 11.8 Å². The summed E-state index contributed by atoms with van der Waals surface area (Å²) >= 11 is 6.43. The number of rotatable bonds is 14. The Bertz CT molecular complexity index is 1720. The van der Waals surface area contributed by atoms with Crippen LogP contribution in [0.4, 0.5) is 29.1 Å². The van der Waals surface area contributed by atoms with Gasteiger partial charge < -0.3 is 19.8 Å². The first-order valence-electron chi connectivity index (χ1n) is 14.0. The molecule has 0 fully saturated rings. The fourth-order valence-corrected chi connectivity index (χ4v) is 5.10. The fraction of sp³-hybridized carbons (Fsp3) is 0.333. The molecule has 1 aromatic heterocycles. The second-order valence-electron chi connectivity index (χ2n) is 10.3. The molecule has 4 rings (SSSR count). The van der Waals surface area contributed by atoms with Gasteiger partial charge in [-0.1, -0.05) is 28.9 Å². The fourth-order valence-electron chi connectivity index (χ4n) is 4.32. The monoisotopic (exact) mass is 683 g/mol. The molecule has 0 unspecified atom stereocenters. The van der Waals surface area contributed by atoms with E-state index in [9.17, 15) is 30.8 Å². The van der Waals surface area contributed by atoms with Crippen LogP contribution >= 0.6 is 11.6 Å². The lowest BCUT2D eigenvalue weighted by Crippen LogP contribution is -2.43. The summed E-state index contributed by atoms with van der Waals surface area (Å²) in [7, 11) is -3.55. The Balaban J connectivity index is 1.30. The maximum Gasteiger partial charge on any atom is 0.471 e. The van der Waals surface area contributed by atoms with Gasteiger partial charge in [0.2, 0.25) is 0 Å². The smallest absolute Gasteiger partial charge is 0.471 e. The average Bonchev–Trinajstić information content (AvgIpc) is 2.99. The van der Waals surface area contributed by atoms with Crippen molar-refractivity contribution in [2.45, 2.75) is 32.0 Å². The number of alkyl halides is 3. The number of sulfone groups is 1. The Morgan fingerprint density at radius 3 is 2.63 bits per heavy atom. The van der Waals surface area contributed by atoms with E-state index in [1.807, 2.05) is 0 Å². The molecule has 3 aromatic rings. The topological polar surface area (TPSA) is 123 Å². The predicted molar refractivity (Wildman–Crippen MR) is 165 cm³/mol. The maximum absolute atomic E-state index is 13.4. The second-order valence-corrected chi connectivity index (χ2v) is 13.0. The van der Waals surface area contributed by atoms with Gasteiger partial charge >= 0.3 is 12.1 Å². The number of benzene rings is 2. The molecule has 46 heavy (non-hydrogen) atoms. The van der Waals surface area contributed by atoms with Crippen LogP contribution in [-0.4, -0.2) is 72.8 Å². The number of anilines is 2. The van der Waals surface area contributed by atoms with Crippen molar-refractivity contribution in [1.82, 2.24) is 14.9 Å². The minimum Gasteiger partial charge on any atom is -0.487 e. The van der Waals surface area contributed by atoms with Gasteiger partial charge in [0.15, 0.2) is 0 Å². The lowest BCUT2D eigenvalue weighted by atomic mass is 10.0. The highest BCUT2D eigenvalue weighted by Crippen LogP contribution is 2.31. The van der Waals surface area contributed by atoms with Crippen molar-refractivity contribution in [2.75, 3.05) is 37.0 Å². The number of ether oxygens (including phenoxy) is 1. The van der Waals surface area contributed by atoms with Gasteiger partial charge in [-0.15, -0.1) is 0 Å². The molecule has 0 spiro atoms. The van der Waals surface area contributed by atoms with Crippen molar-refractivity contribution in [3.8, 4) is 5.75 Å². The highest BCUT2D eigenvalue weighted by atomic mass is 35.5. The van der Waals surface area contributed by atoms with E-state index in [-0.39, 0.29) is 38.4 Å². The number of hydrogen-bond acceptors (Lipinski definition) is 9. The number of oxime groups is 1. The second kappa shape index (κ2) is 15.4. The summed E-state index contributed by atoms with van der Waals surface area (Å²) in [6.45, 7) is -0.629. The van der Waals surface area contributed by atoms with Crippen LogP contribution in [-0.2, 0) is 32.5 Å². The van der Waals surface area contributed by atoms with E-state index in [2.05, 4.69) is 20.4 Å². The molecule has 0 aliphatic heterocycles. The Morgan fingerprint density at radius 1 is 1.11 bits per heavy atom. The minimum absolute atomic E-state index is 0.0624. The van der Waals surface area contributed by atoms with E-state index in [1.54, 1.807) is 42.5 Å². The van der Waals surface area contributed by atoms with Crippen LogP contribution in [0.1, 0.15) is 29.7 Å². The van der Waals surface area contributed by atoms with Crippen molar-refractivity contribution in [1.29, 1.82) is 0 Å². The summed E-state index contributed by atoms with van der Waals surface area (Å²) < 4.78 is 80.6. The lowest BCUT2D eigenvalue weighted by molar-refractivity contribution is -0.185. The lowest BCUT2D eigenvalue weighted by Gasteiger charge is -2.23. The van der Waals surface area contributed by atoms with Crippen LogP contribution in [0.15, 0.2) is 60.0 Å². The summed E-state index contributed by atoms with van der Waals surface area (Å²) in [4.78, 5) is 26.2. The first-order chi connectivity index (χ1) is 21.8. The summed E-state index contributed by atoms with van der Waals surface area (Å²) in [6, 6.07) is 11.2. The third-order valence-corrected chi connectivity index (χ3v) is 7.82. The zero-order chi connectivity index (χ0) is 33.3. The number of halogens is 5. The standard InChI is InChI=1S/C30H30ClF4N5O5S/c1-46(42,43)14-12-40(29(41)30(33,34)35)11-2-3-13-45-39-23-7-9-26-24(16-23)28(37-19-36-26)38-22-8-10-27(25(31)17-22)44-18-20-5-4-6-21(32)15-20/h4-10,15,17,19H,2-3,11-14,16,18H2,1H3,(H,36,37,38). The number of fused-ring (bicyclic) bond motifs is 1. The Morgan fingerprint density at radius 2 is 1.91 bits per heavy atom. The average molecular weight is 684 g/mol. The molecule has 246 valence electrons. The van der Waals surface area contributed by atoms with Gasteiger partial charge in [0.25, 0.3) is 0 Å². The van der Waals surface area contributed by atoms with Gasteiger partial charge in [-0.05, 0) is 60.9 Å². The Labute approximate surface area is 268 Å². The molecule has 0 bridgehead atoms. The maximum atomic E-state index is 13.4. The number of aromatic nitrogens is 2. The van der Waals surface area contributed by atoms with E-state index in [0.29, 0.717) is 50.6 Å². The van der Waals surface area contributed by atoms with Crippen molar-refractivity contribution in [3.05, 3.63) is 82.5 Å². The SMILES string of the molecule is CS(=O)(=O)CCN(CCCCON=C1C=Cc2ncnc(Nc3ccc(OCc4cccc(F)c4)c(Cl)c3)c2C1)C(=O)C(F)(F)F. The summed E-state index contributed by atoms with van der Waals surface area (Å²) in [5, 5.41) is 7.66. The summed E-state index contributed by atoms with van der Waals surface area (Å²) in [5.74, 6) is -2.08. The Hall–Kier alpha value is -4.24. The van der Waals surface area contributed by atoms with Crippen LogP contribution in [0.2, 0.25) is 5.02 Å². The van der Waals surface area contributed by atoms with Gasteiger partial charge in [0.1, 0.15) is 46.8 Å². The van der Waals surface area contributed by atoms with Gasteiger partial charge in [-0.25, -0.2) is 22.8 Å². The number of nitrogens with one attached hydrogen (secondary N) is 1. The van der Waals surface area contributed by atoms with Crippen molar-refractivity contribution in [2.24, 2.45) is 5.16 Å². The molecule has 1 heterocycles. The molecular formula is C30H30ClF4N5O5S. The third kappa shape index (κ3) is 10.4. The molecule has 1 amide bonds. The molecule has 2 aromatic carbocycles. The number of hydrogen-bond donors (Lipinski definition) is 1. The highest BCUT2D eigenvalue weighted by Gasteiger charge is 2.42. The zero-order valence-corrected chi connectivity index (χ0v) is 26.1. The van der Waals surface area contributed by atoms with Gasteiger partial charge in [-0.3, -0.25) is 4.79 Å². The summed E-state index contributed by atoms with van der Waals surface area (Å²) in [6.07, 6.45) is 1.40. The number of nitrogens with zero attached hydrogens (tertiary/aromatic N) is 4. The quantitative estimate of drug-likeness (QED) is 0.130. The molecule has 0 radical (unpaired) electrons. The van der Waals surface area contributed by atoms with Gasteiger partial charge in [-0.2, -0.15) is 13.2 Å². The number of carbonyl (C=O) groups excluding carboxylic acids is 1. The zero-order valence-electron chi connectivity index (χ0n) is 24.6. The molecular weight excluding hydrogens is 654 g/mol. The molecule has 1 aliphatic carbocycles. The van der Waals surface area contributed by atoms with Crippen LogP contribution < -0.4 is 10.1 Å². The van der Waals surface area contributed by atoms with E-state index in [4.69, 9.17) is 21.2 Å². The van der Waals surface area contributed by atoms with Crippen molar-refractivity contribution >= 4 is 50.6 Å². The van der Waals surface area contributed by atoms with Crippen molar-refractivity contribution < 1.29 is 40.3 Å². The minimum atomic E-state index is -5.10. The molecule has 10 nitrogen and oxygen atoms in total. The van der Waals surface area contributed by atoms with E-state index in [1.165, 1.54) is 18.5 Å². The van der Waals surface area contributed by atoms with Crippen LogP contribution in [0.3, 0.4) is 0 Å². The van der Waals surface area contributed by atoms with E-state index < -0.39 is 34.2 Å². The number of amides is 1. The highest BCUT2D eigenvalue weighted by molar-refractivity contribution is 7.90.